The van der Waals surface area contributed by atoms with Gasteiger partial charge in [0.15, 0.2) is 0 Å². The molecule has 3 nitrogen and oxygen atoms in total. The van der Waals surface area contributed by atoms with E-state index in [1.807, 2.05) is 26.2 Å². The third-order valence-electron chi connectivity index (χ3n) is 2.42. The van der Waals surface area contributed by atoms with Gasteiger partial charge < -0.3 is 15.0 Å². The molecule has 0 aliphatic carbocycles. The first kappa shape index (κ1) is 10.1. The van der Waals surface area contributed by atoms with Crippen molar-refractivity contribution in [2.24, 2.45) is 0 Å². The van der Waals surface area contributed by atoms with Crippen LogP contribution < -0.4 is 10.1 Å². The standard InChI is InChI=1S/C12H16N2O/c1-3-15-10-4-5-12-11(6-10)9(7-13-2)8-14-12/h4-6,8,13-14H,3,7H2,1-2H3. The third kappa shape index (κ3) is 1.97. The number of benzene rings is 1. The molecule has 0 fully saturated rings. The van der Waals surface area contributed by atoms with Crippen molar-refractivity contribution < 1.29 is 4.74 Å². The molecule has 0 radical (unpaired) electrons. The van der Waals surface area contributed by atoms with Crippen LogP contribution in [-0.2, 0) is 6.54 Å². The first-order chi connectivity index (χ1) is 7.35. The number of hydrogen-bond acceptors (Lipinski definition) is 2. The lowest BCUT2D eigenvalue weighted by Crippen LogP contribution is -2.04. The minimum atomic E-state index is 0.706. The molecule has 0 bridgehead atoms. The Kier molecular flexibility index (Phi) is 2.92. The first-order valence-electron chi connectivity index (χ1n) is 5.22. The fourth-order valence-corrected chi connectivity index (χ4v) is 1.75. The summed E-state index contributed by atoms with van der Waals surface area (Å²) in [4.78, 5) is 3.25. The van der Waals surface area contributed by atoms with Gasteiger partial charge in [-0.3, -0.25) is 0 Å². The molecule has 1 aromatic heterocycles. The molecule has 0 atom stereocenters. The van der Waals surface area contributed by atoms with E-state index in [1.165, 1.54) is 10.9 Å². The highest BCUT2D eigenvalue weighted by atomic mass is 16.5. The molecule has 80 valence electrons. The summed E-state index contributed by atoms with van der Waals surface area (Å²) in [5.74, 6) is 0.932. The molecule has 0 saturated carbocycles. The van der Waals surface area contributed by atoms with Crippen molar-refractivity contribution in [2.75, 3.05) is 13.7 Å². The molecule has 0 amide bonds. The summed E-state index contributed by atoms with van der Waals surface area (Å²) in [5.41, 5.74) is 2.43. The van der Waals surface area contributed by atoms with Crippen LogP contribution in [0.2, 0.25) is 0 Å². The number of ether oxygens (including phenoxy) is 1. The molecule has 2 rings (SSSR count). The van der Waals surface area contributed by atoms with Gasteiger partial charge in [-0.05, 0) is 37.7 Å². The summed E-state index contributed by atoms with van der Waals surface area (Å²) < 4.78 is 5.48. The maximum atomic E-state index is 5.48. The van der Waals surface area contributed by atoms with Gasteiger partial charge >= 0.3 is 0 Å². The highest BCUT2D eigenvalue weighted by Crippen LogP contribution is 2.23. The molecule has 0 saturated heterocycles. The third-order valence-corrected chi connectivity index (χ3v) is 2.42. The van der Waals surface area contributed by atoms with E-state index in [0.717, 1.165) is 17.8 Å². The van der Waals surface area contributed by atoms with E-state index in [4.69, 9.17) is 4.74 Å². The van der Waals surface area contributed by atoms with E-state index in [-0.39, 0.29) is 0 Å². The zero-order valence-corrected chi connectivity index (χ0v) is 9.13. The number of hydrogen-bond donors (Lipinski definition) is 2. The number of rotatable bonds is 4. The predicted molar refractivity (Wildman–Crippen MR) is 62.2 cm³/mol. The van der Waals surface area contributed by atoms with Crippen molar-refractivity contribution in [3.63, 3.8) is 0 Å². The van der Waals surface area contributed by atoms with Gasteiger partial charge in [0, 0.05) is 23.6 Å². The zero-order valence-electron chi connectivity index (χ0n) is 9.13. The Bertz CT molecular complexity index is 448. The van der Waals surface area contributed by atoms with Crippen LogP contribution in [0.4, 0.5) is 0 Å². The summed E-state index contributed by atoms with van der Waals surface area (Å²) in [5, 5.41) is 4.38. The fraction of sp³-hybridized carbons (Fsp3) is 0.333. The second-order valence-corrected chi connectivity index (χ2v) is 3.48. The molecule has 0 aliphatic heterocycles. The number of H-pyrrole nitrogens is 1. The van der Waals surface area contributed by atoms with Crippen LogP contribution >= 0.6 is 0 Å². The minimum Gasteiger partial charge on any atom is -0.494 e. The molecule has 0 aliphatic rings. The summed E-state index contributed by atoms with van der Waals surface area (Å²) >= 11 is 0. The van der Waals surface area contributed by atoms with E-state index in [9.17, 15) is 0 Å². The van der Waals surface area contributed by atoms with E-state index in [2.05, 4.69) is 22.4 Å². The predicted octanol–water partition coefficient (Wildman–Crippen LogP) is 2.29. The Morgan fingerprint density at radius 3 is 3.00 bits per heavy atom. The molecule has 15 heavy (non-hydrogen) atoms. The summed E-state index contributed by atoms with van der Waals surface area (Å²) in [6, 6.07) is 6.13. The largest absolute Gasteiger partial charge is 0.494 e. The summed E-state index contributed by atoms with van der Waals surface area (Å²) in [6.07, 6.45) is 2.04. The van der Waals surface area contributed by atoms with Crippen LogP contribution in [0.3, 0.4) is 0 Å². The minimum absolute atomic E-state index is 0.706. The van der Waals surface area contributed by atoms with Crippen molar-refractivity contribution in [1.29, 1.82) is 0 Å². The number of fused-ring (bicyclic) bond motifs is 1. The van der Waals surface area contributed by atoms with Gasteiger partial charge in [-0.15, -0.1) is 0 Å². The lowest BCUT2D eigenvalue weighted by molar-refractivity contribution is 0.340. The van der Waals surface area contributed by atoms with Gasteiger partial charge in [0.05, 0.1) is 6.61 Å². The summed E-state index contributed by atoms with van der Waals surface area (Å²) in [6.45, 7) is 3.57. The van der Waals surface area contributed by atoms with E-state index >= 15 is 0 Å². The summed E-state index contributed by atoms with van der Waals surface area (Å²) in [7, 11) is 1.95. The van der Waals surface area contributed by atoms with Gasteiger partial charge in [-0.25, -0.2) is 0 Å². The van der Waals surface area contributed by atoms with Crippen molar-refractivity contribution in [3.8, 4) is 5.75 Å². The second-order valence-electron chi connectivity index (χ2n) is 3.48. The Morgan fingerprint density at radius 2 is 2.27 bits per heavy atom. The zero-order chi connectivity index (χ0) is 10.7. The van der Waals surface area contributed by atoms with Crippen molar-refractivity contribution in [1.82, 2.24) is 10.3 Å². The Balaban J connectivity index is 2.42. The average Bonchev–Trinajstić information content (AvgIpc) is 2.63. The molecule has 3 heteroatoms. The highest BCUT2D eigenvalue weighted by molar-refractivity contribution is 5.84. The van der Waals surface area contributed by atoms with Gasteiger partial charge in [-0.2, -0.15) is 0 Å². The van der Waals surface area contributed by atoms with Crippen LogP contribution in [0.25, 0.3) is 10.9 Å². The van der Waals surface area contributed by atoms with Crippen molar-refractivity contribution in [2.45, 2.75) is 13.5 Å². The van der Waals surface area contributed by atoms with E-state index in [0.29, 0.717) is 6.61 Å². The SMILES string of the molecule is CCOc1ccc2[nH]cc(CNC)c2c1. The molecule has 0 spiro atoms. The van der Waals surface area contributed by atoms with Crippen molar-refractivity contribution in [3.05, 3.63) is 30.0 Å². The van der Waals surface area contributed by atoms with Crippen LogP contribution in [-0.4, -0.2) is 18.6 Å². The molecule has 1 aromatic carbocycles. The first-order valence-corrected chi connectivity index (χ1v) is 5.22. The van der Waals surface area contributed by atoms with Crippen LogP contribution in [0.1, 0.15) is 12.5 Å². The van der Waals surface area contributed by atoms with E-state index < -0.39 is 0 Å². The lowest BCUT2D eigenvalue weighted by atomic mass is 10.1. The Hall–Kier alpha value is -1.48. The number of aromatic nitrogens is 1. The Morgan fingerprint density at radius 1 is 1.40 bits per heavy atom. The quantitative estimate of drug-likeness (QED) is 0.801. The smallest absolute Gasteiger partial charge is 0.120 e. The van der Waals surface area contributed by atoms with Crippen LogP contribution in [0, 0.1) is 0 Å². The van der Waals surface area contributed by atoms with Crippen LogP contribution in [0.15, 0.2) is 24.4 Å². The maximum Gasteiger partial charge on any atom is 0.120 e. The molecule has 0 unspecified atom stereocenters. The molecule has 2 aromatic rings. The van der Waals surface area contributed by atoms with Gasteiger partial charge in [-0.1, -0.05) is 0 Å². The fourth-order valence-electron chi connectivity index (χ4n) is 1.75. The van der Waals surface area contributed by atoms with Crippen molar-refractivity contribution >= 4 is 10.9 Å². The average molecular weight is 204 g/mol. The second kappa shape index (κ2) is 4.36. The topological polar surface area (TPSA) is 37.0 Å². The van der Waals surface area contributed by atoms with E-state index in [1.54, 1.807) is 0 Å². The van der Waals surface area contributed by atoms with Crippen LogP contribution in [0.5, 0.6) is 5.75 Å². The van der Waals surface area contributed by atoms with Gasteiger partial charge in [0.25, 0.3) is 0 Å². The maximum absolute atomic E-state index is 5.48. The normalized spacial score (nSPS) is 10.8. The molecule has 1 heterocycles. The monoisotopic (exact) mass is 204 g/mol. The number of aromatic amines is 1. The van der Waals surface area contributed by atoms with Gasteiger partial charge in [0.2, 0.25) is 0 Å². The highest BCUT2D eigenvalue weighted by Gasteiger charge is 2.03. The lowest BCUT2D eigenvalue weighted by Gasteiger charge is -2.03. The number of nitrogens with one attached hydrogen (secondary N) is 2. The molecule has 2 N–H and O–H groups in total. The van der Waals surface area contributed by atoms with Gasteiger partial charge in [0.1, 0.15) is 5.75 Å². The molecular formula is C12H16N2O. The molecular weight excluding hydrogens is 188 g/mol. The Labute approximate surface area is 89.4 Å².